The maximum absolute atomic E-state index is 12.1. The van der Waals surface area contributed by atoms with Crippen LogP contribution in [0.1, 0.15) is 29.8 Å². The SMILES string of the molecule is Cc1cc(/C=C(\C#N)C(=O)NC[C@H]2CCCO2)c(C)n1C. The Morgan fingerprint density at radius 2 is 2.38 bits per heavy atom. The van der Waals surface area contributed by atoms with Gasteiger partial charge in [0.15, 0.2) is 0 Å². The second-order valence-corrected chi connectivity index (χ2v) is 5.40. The van der Waals surface area contributed by atoms with Crippen LogP contribution in [-0.4, -0.2) is 29.7 Å². The number of carbonyl (C=O) groups excluding carboxylic acids is 1. The van der Waals surface area contributed by atoms with Crippen LogP contribution in [0.15, 0.2) is 11.6 Å². The second kappa shape index (κ2) is 6.59. The first-order chi connectivity index (χ1) is 10.0. The van der Waals surface area contributed by atoms with E-state index in [2.05, 4.69) is 5.32 Å². The maximum atomic E-state index is 12.1. The molecule has 0 spiro atoms. The average molecular weight is 287 g/mol. The van der Waals surface area contributed by atoms with Gasteiger partial charge in [0.25, 0.3) is 5.91 Å². The molecular weight excluding hydrogens is 266 g/mol. The van der Waals surface area contributed by atoms with Crippen LogP contribution in [0.2, 0.25) is 0 Å². The molecule has 1 saturated heterocycles. The van der Waals surface area contributed by atoms with Crippen LogP contribution in [0.25, 0.3) is 6.08 Å². The van der Waals surface area contributed by atoms with Crippen LogP contribution in [-0.2, 0) is 16.6 Å². The molecule has 0 radical (unpaired) electrons. The molecule has 1 amide bonds. The first-order valence-electron chi connectivity index (χ1n) is 7.17. The number of nitrogens with zero attached hydrogens (tertiary/aromatic N) is 2. The van der Waals surface area contributed by atoms with Crippen molar-refractivity contribution in [1.29, 1.82) is 5.26 Å². The molecule has 1 atom stereocenters. The van der Waals surface area contributed by atoms with E-state index in [0.717, 1.165) is 36.4 Å². The molecule has 1 aromatic heterocycles. The summed E-state index contributed by atoms with van der Waals surface area (Å²) in [5.41, 5.74) is 3.16. The molecule has 0 aliphatic carbocycles. The molecule has 0 saturated carbocycles. The number of nitrogens with one attached hydrogen (secondary N) is 1. The van der Waals surface area contributed by atoms with Crippen LogP contribution in [0.5, 0.6) is 0 Å². The van der Waals surface area contributed by atoms with Crippen LogP contribution in [0, 0.1) is 25.2 Å². The fraction of sp³-hybridized carbons (Fsp3) is 0.500. The predicted molar refractivity (Wildman–Crippen MR) is 80.5 cm³/mol. The summed E-state index contributed by atoms with van der Waals surface area (Å²) in [4.78, 5) is 12.1. The zero-order chi connectivity index (χ0) is 15.4. The highest BCUT2D eigenvalue weighted by Gasteiger charge is 2.18. The Hall–Kier alpha value is -2.06. The van der Waals surface area contributed by atoms with Gasteiger partial charge in [-0.25, -0.2) is 0 Å². The van der Waals surface area contributed by atoms with E-state index in [1.165, 1.54) is 0 Å². The van der Waals surface area contributed by atoms with Crippen LogP contribution in [0.4, 0.5) is 0 Å². The number of nitriles is 1. The van der Waals surface area contributed by atoms with Crippen molar-refractivity contribution in [3.63, 3.8) is 0 Å². The standard InChI is InChI=1S/C16H21N3O2/c1-11-7-13(12(2)19(11)3)8-14(9-17)16(20)18-10-15-5-4-6-21-15/h7-8,15H,4-6,10H2,1-3H3,(H,18,20)/b14-8+/t15-/m1/s1. The van der Waals surface area contributed by atoms with Gasteiger partial charge < -0.3 is 14.6 Å². The highest BCUT2D eigenvalue weighted by Crippen LogP contribution is 2.17. The lowest BCUT2D eigenvalue weighted by molar-refractivity contribution is -0.117. The summed E-state index contributed by atoms with van der Waals surface area (Å²) in [6.07, 6.45) is 3.72. The lowest BCUT2D eigenvalue weighted by atomic mass is 10.1. The Labute approximate surface area is 125 Å². The Bertz CT molecular complexity index is 602. The van der Waals surface area contributed by atoms with Crippen molar-refractivity contribution in [2.45, 2.75) is 32.8 Å². The van der Waals surface area contributed by atoms with E-state index in [4.69, 9.17) is 4.74 Å². The summed E-state index contributed by atoms with van der Waals surface area (Å²) in [5.74, 6) is -0.339. The monoisotopic (exact) mass is 287 g/mol. The summed E-state index contributed by atoms with van der Waals surface area (Å²) in [6, 6.07) is 3.95. The lowest BCUT2D eigenvalue weighted by Gasteiger charge is -2.10. The van der Waals surface area contributed by atoms with Crippen LogP contribution >= 0.6 is 0 Å². The fourth-order valence-electron chi connectivity index (χ4n) is 2.44. The molecule has 1 aliphatic rings. The number of amides is 1. The first-order valence-corrected chi connectivity index (χ1v) is 7.17. The van der Waals surface area contributed by atoms with Gasteiger partial charge in [0.1, 0.15) is 11.6 Å². The van der Waals surface area contributed by atoms with Crippen molar-refractivity contribution in [3.05, 3.63) is 28.6 Å². The van der Waals surface area contributed by atoms with Crippen LogP contribution < -0.4 is 5.32 Å². The van der Waals surface area contributed by atoms with Crippen molar-refractivity contribution < 1.29 is 9.53 Å². The number of ether oxygens (including phenoxy) is 1. The third-order valence-electron chi connectivity index (χ3n) is 3.99. The van der Waals surface area contributed by atoms with Gasteiger partial charge in [-0.05, 0) is 44.4 Å². The third-order valence-corrected chi connectivity index (χ3v) is 3.99. The van der Waals surface area contributed by atoms with Gasteiger partial charge in [-0.15, -0.1) is 0 Å². The number of hydrogen-bond donors (Lipinski definition) is 1. The molecule has 1 aliphatic heterocycles. The lowest BCUT2D eigenvalue weighted by Crippen LogP contribution is -2.32. The molecule has 21 heavy (non-hydrogen) atoms. The van der Waals surface area contributed by atoms with Crippen molar-refractivity contribution in [1.82, 2.24) is 9.88 Å². The largest absolute Gasteiger partial charge is 0.376 e. The van der Waals surface area contributed by atoms with Crippen molar-refractivity contribution >= 4 is 12.0 Å². The van der Waals surface area contributed by atoms with Gasteiger partial charge in [-0.2, -0.15) is 5.26 Å². The normalized spacial score (nSPS) is 18.6. The molecule has 2 rings (SSSR count). The molecule has 5 heteroatoms. The summed E-state index contributed by atoms with van der Waals surface area (Å²) in [7, 11) is 1.96. The van der Waals surface area contributed by atoms with Crippen molar-refractivity contribution in [2.75, 3.05) is 13.2 Å². The van der Waals surface area contributed by atoms with Gasteiger partial charge in [0.2, 0.25) is 0 Å². The van der Waals surface area contributed by atoms with Gasteiger partial charge in [-0.1, -0.05) is 0 Å². The number of rotatable bonds is 4. The number of carbonyl (C=O) groups is 1. The number of aryl methyl sites for hydroxylation is 1. The quantitative estimate of drug-likeness (QED) is 0.679. The average Bonchev–Trinajstić information content (AvgIpc) is 3.07. The minimum atomic E-state index is -0.339. The predicted octanol–water partition coefficient (Wildman–Crippen LogP) is 1.84. The van der Waals surface area contributed by atoms with Gasteiger partial charge in [0.05, 0.1) is 6.10 Å². The highest BCUT2D eigenvalue weighted by atomic mass is 16.5. The Morgan fingerprint density at radius 3 is 2.90 bits per heavy atom. The van der Waals surface area contributed by atoms with Crippen molar-refractivity contribution in [2.24, 2.45) is 7.05 Å². The molecule has 1 fully saturated rings. The highest BCUT2D eigenvalue weighted by molar-refractivity contribution is 6.01. The van der Waals surface area contributed by atoms with E-state index in [-0.39, 0.29) is 17.6 Å². The number of aromatic nitrogens is 1. The molecule has 5 nitrogen and oxygen atoms in total. The van der Waals surface area contributed by atoms with E-state index < -0.39 is 0 Å². The zero-order valence-electron chi connectivity index (χ0n) is 12.8. The Kier molecular flexibility index (Phi) is 4.81. The van der Waals surface area contributed by atoms with E-state index >= 15 is 0 Å². The van der Waals surface area contributed by atoms with E-state index in [0.29, 0.717) is 6.54 Å². The first kappa shape index (κ1) is 15.3. The topological polar surface area (TPSA) is 67.1 Å². The summed E-state index contributed by atoms with van der Waals surface area (Å²) < 4.78 is 7.49. The van der Waals surface area contributed by atoms with E-state index in [9.17, 15) is 10.1 Å². The second-order valence-electron chi connectivity index (χ2n) is 5.40. The molecular formula is C16H21N3O2. The van der Waals surface area contributed by atoms with Gasteiger partial charge in [-0.3, -0.25) is 4.79 Å². The Balaban J connectivity index is 2.07. The zero-order valence-corrected chi connectivity index (χ0v) is 12.8. The van der Waals surface area contributed by atoms with E-state index in [1.807, 2.05) is 37.6 Å². The molecule has 0 aromatic carbocycles. The molecule has 2 heterocycles. The van der Waals surface area contributed by atoms with Crippen LogP contribution in [0.3, 0.4) is 0 Å². The minimum Gasteiger partial charge on any atom is -0.376 e. The smallest absolute Gasteiger partial charge is 0.262 e. The molecule has 0 bridgehead atoms. The molecule has 1 aromatic rings. The van der Waals surface area contributed by atoms with Gasteiger partial charge in [0, 0.05) is 31.6 Å². The van der Waals surface area contributed by atoms with Gasteiger partial charge >= 0.3 is 0 Å². The molecule has 0 unspecified atom stereocenters. The summed E-state index contributed by atoms with van der Waals surface area (Å²) in [6.45, 7) is 5.18. The van der Waals surface area contributed by atoms with E-state index in [1.54, 1.807) is 6.08 Å². The summed E-state index contributed by atoms with van der Waals surface area (Å²) in [5, 5.41) is 12.0. The fourth-order valence-corrected chi connectivity index (χ4v) is 2.44. The number of hydrogen-bond acceptors (Lipinski definition) is 3. The molecule has 1 N–H and O–H groups in total. The maximum Gasteiger partial charge on any atom is 0.262 e. The Morgan fingerprint density at radius 1 is 1.62 bits per heavy atom. The minimum absolute atomic E-state index is 0.0783. The molecule has 112 valence electrons. The third kappa shape index (κ3) is 3.53. The summed E-state index contributed by atoms with van der Waals surface area (Å²) >= 11 is 0. The van der Waals surface area contributed by atoms with Crippen molar-refractivity contribution in [3.8, 4) is 6.07 Å².